The quantitative estimate of drug-likeness (QED) is 0.482. The first-order chi connectivity index (χ1) is 16.5. The molecule has 35 heavy (non-hydrogen) atoms. The molecule has 192 valence electrons. The first kappa shape index (κ1) is 25.9. The lowest BCUT2D eigenvalue weighted by atomic mass is 9.76. The number of nitrogens with one attached hydrogen (secondary N) is 3. The van der Waals surface area contributed by atoms with Crippen LogP contribution < -0.4 is 15.4 Å². The van der Waals surface area contributed by atoms with Gasteiger partial charge in [-0.2, -0.15) is 13.2 Å². The molecule has 2 heterocycles. The van der Waals surface area contributed by atoms with E-state index in [9.17, 15) is 21.6 Å². The van der Waals surface area contributed by atoms with Crippen molar-refractivity contribution in [1.82, 2.24) is 10.0 Å². The number of hydrogen-bond donors (Lipinski definition) is 3. The lowest BCUT2D eigenvalue weighted by Gasteiger charge is -2.46. The molecule has 3 N–H and O–H groups in total. The maximum atomic E-state index is 13.5. The third-order valence-electron chi connectivity index (χ3n) is 6.59. The number of hydrogen-bond acceptors (Lipinski definition) is 5. The number of sulfonamides is 1. The molecule has 2 aromatic rings. The number of rotatable bonds is 8. The van der Waals surface area contributed by atoms with Gasteiger partial charge in [-0.1, -0.05) is 44.2 Å². The predicted molar refractivity (Wildman–Crippen MR) is 130 cm³/mol. The van der Waals surface area contributed by atoms with Gasteiger partial charge >= 0.3 is 6.18 Å². The third kappa shape index (κ3) is 6.35. The fourth-order valence-corrected chi connectivity index (χ4v) is 5.82. The van der Waals surface area contributed by atoms with Crippen molar-refractivity contribution < 1.29 is 26.3 Å². The molecule has 0 aliphatic carbocycles. The molecular weight excluding hydrogens is 479 g/mol. The van der Waals surface area contributed by atoms with Gasteiger partial charge in [0, 0.05) is 36.3 Å². The lowest BCUT2D eigenvalue weighted by molar-refractivity contribution is -0.138. The molecule has 2 aliphatic rings. The summed E-state index contributed by atoms with van der Waals surface area (Å²) in [7, 11) is -3.50. The molecule has 0 bridgehead atoms. The highest BCUT2D eigenvalue weighted by Gasteiger charge is 2.43. The van der Waals surface area contributed by atoms with Crippen molar-refractivity contribution in [3.63, 3.8) is 0 Å². The number of halogens is 3. The Kier molecular flexibility index (Phi) is 7.75. The Morgan fingerprint density at radius 3 is 2.54 bits per heavy atom. The molecule has 10 heteroatoms. The summed E-state index contributed by atoms with van der Waals surface area (Å²) >= 11 is 0. The number of anilines is 1. The van der Waals surface area contributed by atoms with Gasteiger partial charge in [0.05, 0.1) is 29.6 Å². The normalized spacial score (nSPS) is 24.5. The second kappa shape index (κ2) is 10.5. The zero-order valence-electron chi connectivity index (χ0n) is 19.8. The van der Waals surface area contributed by atoms with E-state index in [-0.39, 0.29) is 30.3 Å². The predicted octanol–water partition coefficient (Wildman–Crippen LogP) is 4.63. The first-order valence-corrected chi connectivity index (χ1v) is 13.6. The van der Waals surface area contributed by atoms with Crippen molar-refractivity contribution in [2.45, 2.75) is 57.2 Å². The third-order valence-corrected chi connectivity index (χ3v) is 7.94. The molecule has 6 nitrogen and oxygen atoms in total. The maximum Gasteiger partial charge on any atom is 0.416 e. The van der Waals surface area contributed by atoms with E-state index in [1.165, 1.54) is 6.07 Å². The average Bonchev–Trinajstić information content (AvgIpc) is 2.81. The van der Waals surface area contributed by atoms with Crippen LogP contribution >= 0.6 is 0 Å². The van der Waals surface area contributed by atoms with Gasteiger partial charge in [-0.3, -0.25) is 0 Å². The number of ether oxygens (including phenoxy) is 1. The maximum absolute atomic E-state index is 13.5. The van der Waals surface area contributed by atoms with E-state index < -0.39 is 34.0 Å². The van der Waals surface area contributed by atoms with E-state index in [2.05, 4.69) is 15.4 Å². The van der Waals surface area contributed by atoms with E-state index in [4.69, 9.17) is 4.74 Å². The van der Waals surface area contributed by atoms with Gasteiger partial charge in [0.2, 0.25) is 10.0 Å². The van der Waals surface area contributed by atoms with Crippen LogP contribution in [0.3, 0.4) is 0 Å². The van der Waals surface area contributed by atoms with Crippen LogP contribution in [0, 0.1) is 5.92 Å². The Labute approximate surface area is 204 Å². The van der Waals surface area contributed by atoms with Gasteiger partial charge < -0.3 is 15.4 Å². The van der Waals surface area contributed by atoms with Crippen LogP contribution in [0.2, 0.25) is 0 Å². The summed E-state index contributed by atoms with van der Waals surface area (Å²) in [6.45, 7) is 4.30. The van der Waals surface area contributed by atoms with Crippen LogP contribution in [0.15, 0.2) is 48.5 Å². The van der Waals surface area contributed by atoms with Crippen molar-refractivity contribution in [2.24, 2.45) is 5.92 Å². The highest BCUT2D eigenvalue weighted by molar-refractivity contribution is 7.89. The summed E-state index contributed by atoms with van der Waals surface area (Å²) in [6.07, 6.45) is -4.18. The van der Waals surface area contributed by atoms with E-state index in [0.29, 0.717) is 30.6 Å². The van der Waals surface area contributed by atoms with E-state index in [1.807, 2.05) is 44.2 Å². The average molecular weight is 512 g/mol. The van der Waals surface area contributed by atoms with Crippen LogP contribution in [0.1, 0.15) is 55.5 Å². The Balaban J connectivity index is 1.54. The summed E-state index contributed by atoms with van der Waals surface area (Å²) in [5, 5.41) is 6.50. The Hall–Kier alpha value is -2.14. The molecule has 0 unspecified atom stereocenters. The molecule has 4 rings (SSSR count). The summed E-state index contributed by atoms with van der Waals surface area (Å²) in [5.41, 5.74) is 1.38. The summed E-state index contributed by atoms with van der Waals surface area (Å²) < 4.78 is 74.1. The molecule has 1 fully saturated rings. The first-order valence-electron chi connectivity index (χ1n) is 11.9. The highest BCUT2D eigenvalue weighted by Crippen LogP contribution is 2.51. The van der Waals surface area contributed by atoms with Crippen LogP contribution in [-0.2, 0) is 20.9 Å². The number of alkyl halides is 3. The summed E-state index contributed by atoms with van der Waals surface area (Å²) in [4.78, 5) is 0. The van der Waals surface area contributed by atoms with Crippen LogP contribution in [0.4, 0.5) is 18.9 Å². The van der Waals surface area contributed by atoms with Crippen LogP contribution in [0.5, 0.6) is 0 Å². The fraction of sp³-hybridized carbons (Fsp3) is 0.520. The Morgan fingerprint density at radius 2 is 1.86 bits per heavy atom. The van der Waals surface area contributed by atoms with E-state index in [0.717, 1.165) is 17.7 Å². The van der Waals surface area contributed by atoms with Crippen molar-refractivity contribution >= 4 is 15.7 Å². The smallest absolute Gasteiger partial charge is 0.378 e. The molecule has 0 saturated carbocycles. The van der Waals surface area contributed by atoms with Crippen LogP contribution in [0.25, 0.3) is 0 Å². The Bertz CT molecular complexity index is 1110. The number of benzene rings is 2. The topological polar surface area (TPSA) is 79.5 Å². The lowest BCUT2D eigenvalue weighted by Crippen LogP contribution is -2.44. The number of fused-ring (bicyclic) bond motifs is 3. The van der Waals surface area contributed by atoms with Crippen molar-refractivity contribution in [2.75, 3.05) is 24.2 Å². The summed E-state index contributed by atoms with van der Waals surface area (Å²) in [6, 6.07) is 13.5. The largest absolute Gasteiger partial charge is 0.416 e. The second-order valence-electron chi connectivity index (χ2n) is 9.53. The minimum atomic E-state index is -4.46. The van der Waals surface area contributed by atoms with Crippen molar-refractivity contribution in [3.8, 4) is 0 Å². The van der Waals surface area contributed by atoms with Crippen molar-refractivity contribution in [3.05, 3.63) is 65.2 Å². The zero-order chi connectivity index (χ0) is 25.2. The Morgan fingerprint density at radius 1 is 1.11 bits per heavy atom. The highest BCUT2D eigenvalue weighted by atomic mass is 32.2. The van der Waals surface area contributed by atoms with Crippen molar-refractivity contribution in [1.29, 1.82) is 0 Å². The SMILES string of the molecule is CC(C)NCCS(=O)(=O)NC[C@H]1CC[C@@H]2[C@H](O1)c1cc(C(F)(F)F)ccc1N[C@H]2c1ccccc1. The second-order valence-corrected chi connectivity index (χ2v) is 11.5. The fourth-order valence-electron chi connectivity index (χ4n) is 4.85. The molecule has 1 saturated heterocycles. The van der Waals surface area contributed by atoms with E-state index in [1.54, 1.807) is 0 Å². The minimum absolute atomic E-state index is 0.0538. The standard InChI is InChI=1S/C25H32F3N3O3S/c1-16(2)29-12-13-35(32,33)30-15-19-9-10-20-23(17-6-4-3-5-7-17)31-22-11-8-18(25(26,27)28)14-21(22)24(20)34-19/h3-8,11,14,16,19-20,23-24,29-31H,9-10,12-13,15H2,1-2H3/t19-,20+,23+,24+/m1/s1. The van der Waals surface area contributed by atoms with Crippen LogP contribution in [-0.4, -0.2) is 39.4 Å². The van der Waals surface area contributed by atoms with Gasteiger partial charge in [0.15, 0.2) is 0 Å². The molecule has 2 aliphatic heterocycles. The van der Waals surface area contributed by atoms with E-state index >= 15 is 0 Å². The monoisotopic (exact) mass is 511 g/mol. The molecule has 0 spiro atoms. The summed E-state index contributed by atoms with van der Waals surface area (Å²) in [5.74, 6) is -0.140. The van der Waals surface area contributed by atoms with Gasteiger partial charge in [0.25, 0.3) is 0 Å². The zero-order valence-corrected chi connectivity index (χ0v) is 20.6. The molecule has 4 atom stereocenters. The molecule has 0 aromatic heterocycles. The molecule has 0 radical (unpaired) electrons. The van der Waals surface area contributed by atoms with Gasteiger partial charge in [-0.15, -0.1) is 0 Å². The van der Waals surface area contributed by atoms with Gasteiger partial charge in [-0.05, 0) is 36.6 Å². The molecular formula is C25H32F3N3O3S. The molecule has 0 amide bonds. The molecule has 2 aromatic carbocycles. The van der Waals surface area contributed by atoms with Gasteiger partial charge in [0.1, 0.15) is 0 Å². The minimum Gasteiger partial charge on any atom is -0.378 e. The van der Waals surface area contributed by atoms with Gasteiger partial charge in [-0.25, -0.2) is 13.1 Å².